The first-order valence-corrected chi connectivity index (χ1v) is 6.35. The lowest BCUT2D eigenvalue weighted by molar-refractivity contribution is 0.400. The van der Waals surface area contributed by atoms with E-state index in [0.717, 1.165) is 13.1 Å². The first-order chi connectivity index (χ1) is 8.81. The van der Waals surface area contributed by atoms with E-state index in [-0.39, 0.29) is 6.04 Å². The summed E-state index contributed by atoms with van der Waals surface area (Å²) < 4.78 is 5.23. The fraction of sp³-hybridized carbons (Fsp3) is 0.583. The molecule has 0 spiro atoms. The lowest BCUT2D eigenvalue weighted by Gasteiger charge is -2.10. The van der Waals surface area contributed by atoms with Gasteiger partial charge in [-0.3, -0.25) is 0 Å². The van der Waals surface area contributed by atoms with Crippen molar-refractivity contribution >= 4 is 0 Å². The van der Waals surface area contributed by atoms with Crippen LogP contribution in [0.5, 0.6) is 0 Å². The molecule has 6 nitrogen and oxygen atoms in total. The number of unbranched alkanes of at least 4 members (excludes halogenated alkanes) is 1. The Kier molecular flexibility index (Phi) is 4.46. The zero-order chi connectivity index (χ0) is 12.8. The first-order valence-electron chi connectivity index (χ1n) is 6.35. The van der Waals surface area contributed by atoms with Gasteiger partial charge in [-0.1, -0.05) is 13.3 Å². The van der Waals surface area contributed by atoms with Crippen LogP contribution in [0.15, 0.2) is 22.8 Å². The SMILES string of the molecule is CCCCNCC(C)n1nnc(-c2ccco2)n1. The fourth-order valence-corrected chi connectivity index (χ4v) is 1.61. The van der Waals surface area contributed by atoms with Gasteiger partial charge in [-0.05, 0) is 37.2 Å². The van der Waals surface area contributed by atoms with Crippen LogP contribution >= 0.6 is 0 Å². The smallest absolute Gasteiger partial charge is 0.240 e. The van der Waals surface area contributed by atoms with Crippen molar-refractivity contribution < 1.29 is 4.42 Å². The van der Waals surface area contributed by atoms with Crippen molar-refractivity contribution in [1.82, 2.24) is 25.5 Å². The lowest BCUT2D eigenvalue weighted by atomic mass is 10.3. The van der Waals surface area contributed by atoms with Gasteiger partial charge in [0.2, 0.25) is 5.82 Å². The number of tetrazole rings is 1. The van der Waals surface area contributed by atoms with E-state index in [1.54, 1.807) is 11.1 Å². The Morgan fingerprint density at radius 1 is 1.50 bits per heavy atom. The van der Waals surface area contributed by atoms with Crippen LogP contribution in [0.3, 0.4) is 0 Å². The summed E-state index contributed by atoms with van der Waals surface area (Å²) in [5, 5.41) is 15.7. The average Bonchev–Trinajstić information content (AvgIpc) is 3.03. The maximum Gasteiger partial charge on any atom is 0.240 e. The Bertz CT molecular complexity index is 451. The standard InChI is InChI=1S/C12H19N5O/c1-3-4-7-13-9-10(2)17-15-12(14-16-17)11-6-5-8-18-11/h5-6,8,10,13H,3-4,7,9H2,1-2H3. The number of nitrogens with zero attached hydrogens (tertiary/aromatic N) is 4. The minimum absolute atomic E-state index is 0.179. The zero-order valence-corrected chi connectivity index (χ0v) is 10.8. The van der Waals surface area contributed by atoms with E-state index >= 15 is 0 Å². The summed E-state index contributed by atoms with van der Waals surface area (Å²) in [6.45, 7) is 6.11. The number of furan rings is 1. The minimum atomic E-state index is 0.179. The van der Waals surface area contributed by atoms with E-state index in [1.165, 1.54) is 12.8 Å². The number of hydrogen-bond donors (Lipinski definition) is 1. The molecule has 0 bridgehead atoms. The molecule has 98 valence electrons. The molecule has 0 fully saturated rings. The van der Waals surface area contributed by atoms with E-state index < -0.39 is 0 Å². The molecule has 2 rings (SSSR count). The Labute approximate surface area is 106 Å². The molecule has 2 aromatic rings. The molecule has 1 unspecified atom stereocenters. The second-order valence-corrected chi connectivity index (χ2v) is 4.32. The van der Waals surface area contributed by atoms with Crippen molar-refractivity contribution in [3.63, 3.8) is 0 Å². The van der Waals surface area contributed by atoms with Crippen LogP contribution < -0.4 is 5.32 Å². The highest BCUT2D eigenvalue weighted by atomic mass is 16.3. The van der Waals surface area contributed by atoms with Gasteiger partial charge in [0.1, 0.15) is 0 Å². The van der Waals surface area contributed by atoms with Gasteiger partial charge >= 0.3 is 0 Å². The van der Waals surface area contributed by atoms with Crippen LogP contribution in [0.2, 0.25) is 0 Å². The van der Waals surface area contributed by atoms with Crippen LogP contribution in [-0.4, -0.2) is 33.3 Å². The molecule has 1 atom stereocenters. The Balaban J connectivity index is 1.89. The van der Waals surface area contributed by atoms with Gasteiger partial charge in [-0.2, -0.15) is 4.80 Å². The molecule has 0 aliphatic heterocycles. The van der Waals surface area contributed by atoms with Crippen LogP contribution in [0.25, 0.3) is 11.6 Å². The molecule has 6 heteroatoms. The summed E-state index contributed by atoms with van der Waals surface area (Å²) in [6, 6.07) is 3.81. The number of nitrogens with one attached hydrogen (secondary N) is 1. The van der Waals surface area contributed by atoms with Crippen LogP contribution in [0.4, 0.5) is 0 Å². The predicted octanol–water partition coefficient (Wildman–Crippen LogP) is 1.88. The molecule has 0 aliphatic carbocycles. The summed E-state index contributed by atoms with van der Waals surface area (Å²) in [5.41, 5.74) is 0. The van der Waals surface area contributed by atoms with E-state index in [2.05, 4.69) is 34.6 Å². The maximum absolute atomic E-state index is 5.23. The summed E-state index contributed by atoms with van der Waals surface area (Å²) in [5.74, 6) is 1.17. The molecule has 2 aromatic heterocycles. The third kappa shape index (κ3) is 3.16. The Morgan fingerprint density at radius 3 is 3.11 bits per heavy atom. The minimum Gasteiger partial charge on any atom is -0.461 e. The highest BCUT2D eigenvalue weighted by Gasteiger charge is 2.12. The summed E-state index contributed by atoms with van der Waals surface area (Å²) in [6.07, 6.45) is 3.99. The summed E-state index contributed by atoms with van der Waals surface area (Å²) in [4.78, 5) is 1.62. The molecule has 0 saturated heterocycles. The van der Waals surface area contributed by atoms with E-state index in [1.807, 2.05) is 12.1 Å². The van der Waals surface area contributed by atoms with Crippen molar-refractivity contribution in [3.05, 3.63) is 18.4 Å². The normalized spacial score (nSPS) is 12.8. The van der Waals surface area contributed by atoms with Crippen LogP contribution in [0, 0.1) is 0 Å². The van der Waals surface area contributed by atoms with Crippen molar-refractivity contribution in [2.75, 3.05) is 13.1 Å². The van der Waals surface area contributed by atoms with E-state index in [9.17, 15) is 0 Å². The van der Waals surface area contributed by atoms with Crippen molar-refractivity contribution in [1.29, 1.82) is 0 Å². The Hall–Kier alpha value is -1.69. The number of hydrogen-bond acceptors (Lipinski definition) is 5. The van der Waals surface area contributed by atoms with Gasteiger partial charge in [0.15, 0.2) is 5.76 Å². The molecular weight excluding hydrogens is 230 g/mol. The Morgan fingerprint density at radius 2 is 2.39 bits per heavy atom. The highest BCUT2D eigenvalue weighted by molar-refractivity contribution is 5.43. The molecule has 18 heavy (non-hydrogen) atoms. The molecule has 0 saturated carbocycles. The monoisotopic (exact) mass is 249 g/mol. The van der Waals surface area contributed by atoms with Crippen LogP contribution in [0.1, 0.15) is 32.7 Å². The second kappa shape index (κ2) is 6.30. The lowest BCUT2D eigenvalue weighted by Crippen LogP contribution is -2.25. The molecule has 2 heterocycles. The van der Waals surface area contributed by atoms with Gasteiger partial charge in [-0.25, -0.2) is 0 Å². The molecule has 0 amide bonds. The third-order valence-corrected chi connectivity index (χ3v) is 2.71. The second-order valence-electron chi connectivity index (χ2n) is 4.32. The van der Waals surface area contributed by atoms with Crippen molar-refractivity contribution in [2.24, 2.45) is 0 Å². The van der Waals surface area contributed by atoms with Crippen molar-refractivity contribution in [3.8, 4) is 11.6 Å². The van der Waals surface area contributed by atoms with E-state index in [0.29, 0.717) is 11.6 Å². The topological polar surface area (TPSA) is 68.8 Å². The van der Waals surface area contributed by atoms with Crippen molar-refractivity contribution in [2.45, 2.75) is 32.7 Å². The molecule has 0 aliphatic rings. The summed E-state index contributed by atoms with van der Waals surface area (Å²) in [7, 11) is 0. The first kappa shape index (κ1) is 12.8. The zero-order valence-electron chi connectivity index (χ0n) is 10.8. The molecule has 1 N–H and O–H groups in total. The summed E-state index contributed by atoms with van der Waals surface area (Å²) >= 11 is 0. The van der Waals surface area contributed by atoms with Crippen LogP contribution in [-0.2, 0) is 0 Å². The van der Waals surface area contributed by atoms with E-state index in [4.69, 9.17) is 4.42 Å². The van der Waals surface area contributed by atoms with Gasteiger partial charge in [-0.15, -0.1) is 10.2 Å². The number of rotatable bonds is 7. The van der Waals surface area contributed by atoms with Gasteiger partial charge < -0.3 is 9.73 Å². The van der Waals surface area contributed by atoms with Gasteiger partial charge in [0.25, 0.3) is 0 Å². The maximum atomic E-state index is 5.23. The molecule has 0 aromatic carbocycles. The predicted molar refractivity (Wildman–Crippen MR) is 68.0 cm³/mol. The quantitative estimate of drug-likeness (QED) is 0.759. The average molecular weight is 249 g/mol. The number of aromatic nitrogens is 4. The van der Waals surface area contributed by atoms with Gasteiger partial charge in [0.05, 0.1) is 12.3 Å². The highest BCUT2D eigenvalue weighted by Crippen LogP contribution is 2.14. The third-order valence-electron chi connectivity index (χ3n) is 2.71. The fourth-order valence-electron chi connectivity index (χ4n) is 1.61. The largest absolute Gasteiger partial charge is 0.461 e. The molecule has 0 radical (unpaired) electrons. The van der Waals surface area contributed by atoms with Gasteiger partial charge in [0, 0.05) is 6.54 Å². The molecular formula is C12H19N5O.